The normalized spacial score (nSPS) is 19.0. The number of aliphatic imine (C=N–C) groups is 1. The van der Waals surface area contributed by atoms with Gasteiger partial charge in [-0.15, -0.1) is 24.0 Å². The highest BCUT2D eigenvalue weighted by atomic mass is 127. The van der Waals surface area contributed by atoms with Gasteiger partial charge in [-0.2, -0.15) is 0 Å². The minimum Gasteiger partial charge on any atom is -0.476 e. The topological polar surface area (TPSA) is 73.0 Å². The number of nitrogens with two attached hydrogens (primary N) is 1. The van der Waals surface area contributed by atoms with Crippen molar-refractivity contribution in [3.05, 3.63) is 23.4 Å². The van der Waals surface area contributed by atoms with Crippen LogP contribution in [0, 0.1) is 0 Å². The van der Waals surface area contributed by atoms with Crippen molar-refractivity contribution in [2.45, 2.75) is 13.0 Å². The van der Waals surface area contributed by atoms with E-state index in [0.29, 0.717) is 36.6 Å². The van der Waals surface area contributed by atoms with Gasteiger partial charge in [0.05, 0.1) is 24.3 Å². The number of nitrogens with zero attached hydrogens (tertiary/aromatic N) is 3. The summed E-state index contributed by atoms with van der Waals surface area (Å²) in [5.41, 5.74) is 5.94. The Hall–Kier alpha value is -0.800. The minimum atomic E-state index is 0. The van der Waals surface area contributed by atoms with Crippen LogP contribution in [0.5, 0.6) is 5.88 Å². The molecule has 1 fully saturated rings. The molecule has 0 aliphatic carbocycles. The largest absolute Gasteiger partial charge is 0.476 e. The first-order valence-electron chi connectivity index (χ1n) is 6.56. The summed E-state index contributed by atoms with van der Waals surface area (Å²) < 4.78 is 10.9. The summed E-state index contributed by atoms with van der Waals surface area (Å²) in [7, 11) is 0. The summed E-state index contributed by atoms with van der Waals surface area (Å²) >= 11 is 5.74. The second-order valence-corrected chi connectivity index (χ2v) is 4.97. The maximum absolute atomic E-state index is 5.94. The minimum absolute atomic E-state index is 0. The zero-order valence-electron chi connectivity index (χ0n) is 11.9. The van der Waals surface area contributed by atoms with E-state index < -0.39 is 0 Å². The second-order valence-electron chi connectivity index (χ2n) is 4.53. The molecule has 0 aromatic carbocycles. The number of halogens is 2. The van der Waals surface area contributed by atoms with Crippen LogP contribution in [0.2, 0.25) is 5.02 Å². The third-order valence-electron chi connectivity index (χ3n) is 2.88. The van der Waals surface area contributed by atoms with E-state index in [2.05, 4.69) is 9.98 Å². The zero-order chi connectivity index (χ0) is 14.4. The first-order valence-corrected chi connectivity index (χ1v) is 6.94. The van der Waals surface area contributed by atoms with Crippen LogP contribution in [0.15, 0.2) is 23.3 Å². The fourth-order valence-corrected chi connectivity index (χ4v) is 2.00. The van der Waals surface area contributed by atoms with E-state index in [1.165, 1.54) is 0 Å². The van der Waals surface area contributed by atoms with Crippen molar-refractivity contribution in [3.63, 3.8) is 0 Å². The third-order valence-corrected chi connectivity index (χ3v) is 3.10. The number of rotatable bonds is 4. The molecule has 1 aromatic rings. The average Bonchev–Trinajstić information content (AvgIpc) is 2.45. The Bertz CT molecular complexity index is 458. The molecule has 2 N–H and O–H groups in total. The SMILES string of the molecule is CC1CN(C(N)=NCCOc2ccc(Cl)cn2)CCO1.I. The van der Waals surface area contributed by atoms with Crippen LogP contribution in [0.3, 0.4) is 0 Å². The summed E-state index contributed by atoms with van der Waals surface area (Å²) in [5.74, 6) is 1.07. The number of morpholine rings is 1. The lowest BCUT2D eigenvalue weighted by Crippen LogP contribution is -2.48. The predicted molar refractivity (Wildman–Crippen MR) is 93.6 cm³/mol. The molecule has 0 spiro atoms. The van der Waals surface area contributed by atoms with Crippen LogP contribution >= 0.6 is 35.6 Å². The van der Waals surface area contributed by atoms with Gasteiger partial charge >= 0.3 is 0 Å². The molecule has 1 unspecified atom stereocenters. The quantitative estimate of drug-likeness (QED) is 0.344. The van der Waals surface area contributed by atoms with Crippen LogP contribution < -0.4 is 10.5 Å². The molecule has 0 radical (unpaired) electrons. The Kier molecular flexibility index (Phi) is 8.05. The molecule has 1 aliphatic rings. The highest BCUT2D eigenvalue weighted by Crippen LogP contribution is 2.11. The Morgan fingerprint density at radius 1 is 1.62 bits per heavy atom. The molecule has 1 saturated heterocycles. The van der Waals surface area contributed by atoms with E-state index in [1.54, 1.807) is 18.3 Å². The van der Waals surface area contributed by atoms with Gasteiger partial charge in [0.2, 0.25) is 5.88 Å². The summed E-state index contributed by atoms with van der Waals surface area (Å²) in [4.78, 5) is 10.4. The van der Waals surface area contributed by atoms with Crippen molar-refractivity contribution in [1.82, 2.24) is 9.88 Å². The number of hydrogen-bond acceptors (Lipinski definition) is 4. The fraction of sp³-hybridized carbons (Fsp3) is 0.538. The van der Waals surface area contributed by atoms with Gasteiger partial charge in [0, 0.05) is 25.4 Å². The van der Waals surface area contributed by atoms with Crippen molar-refractivity contribution < 1.29 is 9.47 Å². The van der Waals surface area contributed by atoms with Crippen LogP contribution in [0.4, 0.5) is 0 Å². The number of pyridine rings is 1. The number of aromatic nitrogens is 1. The van der Waals surface area contributed by atoms with E-state index in [0.717, 1.165) is 13.1 Å². The van der Waals surface area contributed by atoms with E-state index in [9.17, 15) is 0 Å². The molecule has 21 heavy (non-hydrogen) atoms. The van der Waals surface area contributed by atoms with Crippen molar-refractivity contribution >= 4 is 41.5 Å². The van der Waals surface area contributed by atoms with Gasteiger partial charge in [-0.25, -0.2) is 9.98 Å². The van der Waals surface area contributed by atoms with Gasteiger partial charge in [0.15, 0.2) is 5.96 Å². The Labute approximate surface area is 146 Å². The first kappa shape index (κ1) is 18.2. The second kappa shape index (κ2) is 9.26. The van der Waals surface area contributed by atoms with Crippen molar-refractivity contribution in [2.24, 2.45) is 10.7 Å². The number of guanidine groups is 1. The molecule has 2 rings (SSSR count). The average molecular weight is 427 g/mol. The van der Waals surface area contributed by atoms with Gasteiger partial charge in [-0.3, -0.25) is 0 Å². The Morgan fingerprint density at radius 2 is 2.43 bits per heavy atom. The number of hydrogen-bond donors (Lipinski definition) is 1. The van der Waals surface area contributed by atoms with Crippen LogP contribution in [-0.4, -0.2) is 54.8 Å². The molecule has 1 atom stereocenters. The number of ether oxygens (including phenoxy) is 2. The maximum Gasteiger partial charge on any atom is 0.213 e. The molecule has 1 aliphatic heterocycles. The molecule has 0 amide bonds. The molecule has 2 heterocycles. The first-order chi connectivity index (χ1) is 9.65. The van der Waals surface area contributed by atoms with Gasteiger partial charge in [0.25, 0.3) is 0 Å². The van der Waals surface area contributed by atoms with Crippen molar-refractivity contribution in [3.8, 4) is 5.88 Å². The molecule has 0 saturated carbocycles. The molecular formula is C13H20ClIN4O2. The van der Waals surface area contributed by atoms with E-state index in [4.69, 9.17) is 26.8 Å². The van der Waals surface area contributed by atoms with E-state index in [1.807, 2.05) is 11.8 Å². The summed E-state index contributed by atoms with van der Waals surface area (Å²) in [6.45, 7) is 5.17. The van der Waals surface area contributed by atoms with E-state index >= 15 is 0 Å². The van der Waals surface area contributed by atoms with Gasteiger partial charge < -0.3 is 20.1 Å². The lowest BCUT2D eigenvalue weighted by Gasteiger charge is -2.31. The zero-order valence-corrected chi connectivity index (χ0v) is 15.0. The van der Waals surface area contributed by atoms with E-state index in [-0.39, 0.29) is 30.1 Å². The highest BCUT2D eigenvalue weighted by Gasteiger charge is 2.17. The predicted octanol–water partition coefficient (Wildman–Crippen LogP) is 1.77. The van der Waals surface area contributed by atoms with Gasteiger partial charge in [-0.1, -0.05) is 11.6 Å². The van der Waals surface area contributed by atoms with Gasteiger partial charge in [0.1, 0.15) is 6.61 Å². The summed E-state index contributed by atoms with van der Waals surface area (Å²) in [6.07, 6.45) is 1.73. The molecule has 118 valence electrons. The third kappa shape index (κ3) is 6.23. The van der Waals surface area contributed by atoms with Crippen molar-refractivity contribution in [2.75, 3.05) is 32.8 Å². The molecule has 1 aromatic heterocycles. The monoisotopic (exact) mass is 426 g/mol. The van der Waals surface area contributed by atoms with Crippen LogP contribution in [0.25, 0.3) is 0 Å². The lowest BCUT2D eigenvalue weighted by molar-refractivity contribution is 0.00528. The molecular weight excluding hydrogens is 407 g/mol. The van der Waals surface area contributed by atoms with Gasteiger partial charge in [-0.05, 0) is 13.0 Å². The van der Waals surface area contributed by atoms with Crippen LogP contribution in [0.1, 0.15) is 6.92 Å². The van der Waals surface area contributed by atoms with Crippen LogP contribution in [-0.2, 0) is 4.74 Å². The fourth-order valence-electron chi connectivity index (χ4n) is 1.88. The Morgan fingerprint density at radius 3 is 3.10 bits per heavy atom. The molecule has 0 bridgehead atoms. The smallest absolute Gasteiger partial charge is 0.213 e. The highest BCUT2D eigenvalue weighted by molar-refractivity contribution is 14.0. The van der Waals surface area contributed by atoms with Crippen molar-refractivity contribution in [1.29, 1.82) is 0 Å². The summed E-state index contributed by atoms with van der Waals surface area (Å²) in [6, 6.07) is 3.45. The lowest BCUT2D eigenvalue weighted by atomic mass is 10.3. The Balaban J connectivity index is 0.00000220. The summed E-state index contributed by atoms with van der Waals surface area (Å²) in [5, 5.41) is 0.584. The molecule has 6 nitrogen and oxygen atoms in total. The molecule has 8 heteroatoms. The maximum atomic E-state index is 5.94. The standard InChI is InChI=1S/C13H19ClN4O2.HI/c1-10-9-18(5-7-19-10)13(15)16-4-6-20-12-3-2-11(14)8-17-12;/h2-3,8,10H,4-7,9H2,1H3,(H2,15,16);1H.